The van der Waals surface area contributed by atoms with Gasteiger partial charge in [0, 0.05) is 25.7 Å². The van der Waals surface area contributed by atoms with E-state index in [4.69, 9.17) is 0 Å². The van der Waals surface area contributed by atoms with Crippen molar-refractivity contribution in [2.75, 3.05) is 13.1 Å². The van der Waals surface area contributed by atoms with Crippen LogP contribution in [0.5, 0.6) is 0 Å². The van der Waals surface area contributed by atoms with E-state index in [1.54, 1.807) is 0 Å². The zero-order chi connectivity index (χ0) is 21.0. The third-order valence-electron chi connectivity index (χ3n) is 8.07. The monoisotopic (exact) mass is 416 g/mol. The number of nitrogens with one attached hydrogen (secondary N) is 1. The summed E-state index contributed by atoms with van der Waals surface area (Å²) < 4.78 is 0. The molecule has 2 saturated carbocycles. The minimum absolute atomic E-state index is 0.0161. The normalized spacial score (nSPS) is 27.7. The summed E-state index contributed by atoms with van der Waals surface area (Å²) in [7, 11) is 0. The Morgan fingerprint density at radius 2 is 1.58 bits per heavy atom. The molecule has 1 N–H and O–H groups in total. The van der Waals surface area contributed by atoms with Crippen molar-refractivity contribution in [2.24, 2.45) is 17.8 Å². The van der Waals surface area contributed by atoms with E-state index < -0.39 is 0 Å². The molecular formula is C28H36N2O. The van der Waals surface area contributed by atoms with Gasteiger partial charge in [-0.25, -0.2) is 0 Å². The molecule has 1 unspecified atom stereocenters. The second kappa shape index (κ2) is 9.56. The maximum atomic E-state index is 13.6. The molecule has 0 radical (unpaired) electrons. The number of benzene rings is 2. The van der Waals surface area contributed by atoms with Gasteiger partial charge in [0.1, 0.15) is 0 Å². The molecule has 2 aliphatic carbocycles. The molecule has 1 aliphatic heterocycles. The molecule has 2 aromatic carbocycles. The summed E-state index contributed by atoms with van der Waals surface area (Å²) in [5, 5.41) is 3.56. The first-order chi connectivity index (χ1) is 15.3. The standard InChI is InChI=1S/C28H36N2O/c31-28(27(22-12-6-2-7-13-22)23-14-8-3-9-15-23)29-26-17-16-24-19-30(20-25(24)26)18-21-10-4-1-5-11-21/h1-2,4-7,10-13,23-27H,3,8-9,14-20H2,(H,29,31)/t24-,25+,26-,27?/m1/s1. The van der Waals surface area contributed by atoms with E-state index in [9.17, 15) is 4.79 Å². The predicted molar refractivity (Wildman–Crippen MR) is 126 cm³/mol. The molecule has 0 aromatic heterocycles. The fourth-order valence-corrected chi connectivity index (χ4v) is 6.55. The maximum absolute atomic E-state index is 13.6. The van der Waals surface area contributed by atoms with E-state index in [0.29, 0.717) is 17.9 Å². The quantitative estimate of drug-likeness (QED) is 0.686. The lowest BCUT2D eigenvalue weighted by Gasteiger charge is -2.32. The van der Waals surface area contributed by atoms with E-state index in [-0.39, 0.29) is 11.8 Å². The summed E-state index contributed by atoms with van der Waals surface area (Å²) in [6.07, 6.45) is 8.63. The van der Waals surface area contributed by atoms with Crippen LogP contribution in [0.25, 0.3) is 0 Å². The lowest BCUT2D eigenvalue weighted by Crippen LogP contribution is -2.43. The number of fused-ring (bicyclic) bond motifs is 1. The van der Waals surface area contributed by atoms with E-state index >= 15 is 0 Å². The predicted octanol–water partition coefficient (Wildman–Crippen LogP) is 5.38. The van der Waals surface area contributed by atoms with Gasteiger partial charge < -0.3 is 5.32 Å². The molecule has 164 valence electrons. The molecule has 3 nitrogen and oxygen atoms in total. The number of hydrogen-bond donors (Lipinski definition) is 1. The summed E-state index contributed by atoms with van der Waals surface area (Å²) in [5.74, 6) is 2.13. The van der Waals surface area contributed by atoms with Crippen LogP contribution < -0.4 is 5.32 Å². The van der Waals surface area contributed by atoms with Gasteiger partial charge in [0.2, 0.25) is 5.91 Å². The van der Waals surface area contributed by atoms with E-state index in [1.165, 1.54) is 56.2 Å². The number of hydrogen-bond acceptors (Lipinski definition) is 2. The summed E-state index contributed by atoms with van der Waals surface area (Å²) >= 11 is 0. The van der Waals surface area contributed by atoms with Gasteiger partial charge in [-0.15, -0.1) is 0 Å². The molecule has 1 saturated heterocycles. The van der Waals surface area contributed by atoms with Crippen molar-refractivity contribution < 1.29 is 4.79 Å². The van der Waals surface area contributed by atoms with Crippen LogP contribution in [-0.4, -0.2) is 29.9 Å². The second-order valence-electron chi connectivity index (χ2n) is 10.1. The molecule has 4 atom stereocenters. The molecule has 31 heavy (non-hydrogen) atoms. The van der Waals surface area contributed by atoms with E-state index in [1.807, 2.05) is 0 Å². The highest BCUT2D eigenvalue weighted by atomic mass is 16.2. The number of carbonyl (C=O) groups is 1. The molecule has 3 aliphatic rings. The van der Waals surface area contributed by atoms with Gasteiger partial charge in [-0.05, 0) is 54.6 Å². The van der Waals surface area contributed by atoms with Gasteiger partial charge in [-0.2, -0.15) is 0 Å². The number of nitrogens with zero attached hydrogens (tertiary/aromatic N) is 1. The van der Waals surface area contributed by atoms with Crippen molar-refractivity contribution in [1.29, 1.82) is 0 Å². The molecule has 0 bridgehead atoms. The minimum atomic E-state index is 0.0161. The highest BCUT2D eigenvalue weighted by Crippen LogP contribution is 2.40. The largest absolute Gasteiger partial charge is 0.352 e. The van der Waals surface area contributed by atoms with Gasteiger partial charge >= 0.3 is 0 Å². The molecule has 3 heteroatoms. The molecule has 0 spiro atoms. The summed E-state index contributed by atoms with van der Waals surface area (Å²) in [6, 6.07) is 21.7. The third kappa shape index (κ3) is 4.72. The van der Waals surface area contributed by atoms with Gasteiger partial charge in [0.05, 0.1) is 5.92 Å². The average Bonchev–Trinajstić information content (AvgIpc) is 3.37. The molecule has 3 fully saturated rings. The van der Waals surface area contributed by atoms with Crippen molar-refractivity contribution in [2.45, 2.75) is 63.5 Å². The Morgan fingerprint density at radius 3 is 2.32 bits per heavy atom. The van der Waals surface area contributed by atoms with Gasteiger partial charge in [-0.3, -0.25) is 9.69 Å². The van der Waals surface area contributed by atoms with Crippen LogP contribution in [0.2, 0.25) is 0 Å². The first-order valence-corrected chi connectivity index (χ1v) is 12.4. The minimum Gasteiger partial charge on any atom is -0.352 e. The van der Waals surface area contributed by atoms with Crippen molar-refractivity contribution >= 4 is 5.91 Å². The lowest BCUT2D eigenvalue weighted by atomic mass is 9.76. The SMILES string of the molecule is O=C(N[C@@H]1CC[C@@H]2CN(Cc3ccccc3)C[C@@H]21)C(c1ccccc1)C1CCCCC1. The molecule has 2 aromatic rings. The first-order valence-electron chi connectivity index (χ1n) is 12.4. The van der Waals surface area contributed by atoms with Crippen molar-refractivity contribution in [3.63, 3.8) is 0 Å². The Kier molecular flexibility index (Phi) is 6.40. The van der Waals surface area contributed by atoms with Crippen molar-refractivity contribution in [3.05, 3.63) is 71.8 Å². The fourth-order valence-electron chi connectivity index (χ4n) is 6.55. The van der Waals surface area contributed by atoms with Crippen LogP contribution in [0.1, 0.15) is 62.0 Å². The zero-order valence-electron chi connectivity index (χ0n) is 18.6. The smallest absolute Gasteiger partial charge is 0.228 e. The number of likely N-dealkylation sites (tertiary alicyclic amines) is 1. The van der Waals surface area contributed by atoms with Gasteiger partial charge in [0.15, 0.2) is 0 Å². The Hall–Kier alpha value is -2.13. The highest BCUT2D eigenvalue weighted by Gasteiger charge is 2.44. The topological polar surface area (TPSA) is 32.3 Å². The van der Waals surface area contributed by atoms with E-state index in [2.05, 4.69) is 70.9 Å². The van der Waals surface area contributed by atoms with Crippen LogP contribution in [0.3, 0.4) is 0 Å². The number of amides is 1. The maximum Gasteiger partial charge on any atom is 0.228 e. The number of rotatable bonds is 6. The summed E-state index contributed by atoms with van der Waals surface area (Å²) in [6.45, 7) is 3.32. The van der Waals surface area contributed by atoms with Gasteiger partial charge in [0.25, 0.3) is 0 Å². The van der Waals surface area contributed by atoms with E-state index in [0.717, 1.165) is 25.4 Å². The van der Waals surface area contributed by atoms with Crippen molar-refractivity contribution in [1.82, 2.24) is 10.2 Å². The summed E-state index contributed by atoms with van der Waals surface area (Å²) in [4.78, 5) is 16.2. The Bertz CT molecular complexity index is 846. The molecule has 1 heterocycles. The molecule has 5 rings (SSSR count). The fraction of sp³-hybridized carbons (Fsp3) is 0.536. The Morgan fingerprint density at radius 1 is 0.871 bits per heavy atom. The first kappa shape index (κ1) is 20.8. The molecule has 1 amide bonds. The highest BCUT2D eigenvalue weighted by molar-refractivity contribution is 5.84. The van der Waals surface area contributed by atoms with Crippen LogP contribution >= 0.6 is 0 Å². The Labute approximate surface area is 187 Å². The van der Waals surface area contributed by atoms with Crippen molar-refractivity contribution in [3.8, 4) is 0 Å². The molecular weight excluding hydrogens is 380 g/mol. The lowest BCUT2D eigenvalue weighted by molar-refractivity contribution is -0.125. The average molecular weight is 417 g/mol. The van der Waals surface area contributed by atoms with Crippen LogP contribution in [-0.2, 0) is 11.3 Å². The third-order valence-corrected chi connectivity index (χ3v) is 8.07. The van der Waals surface area contributed by atoms with Crippen LogP contribution in [0.4, 0.5) is 0 Å². The summed E-state index contributed by atoms with van der Waals surface area (Å²) in [5.41, 5.74) is 2.60. The second-order valence-corrected chi connectivity index (χ2v) is 10.1. The van der Waals surface area contributed by atoms with Crippen LogP contribution in [0, 0.1) is 17.8 Å². The van der Waals surface area contributed by atoms with Gasteiger partial charge in [-0.1, -0.05) is 79.9 Å². The zero-order valence-corrected chi connectivity index (χ0v) is 18.6. The number of carbonyl (C=O) groups excluding carboxylic acids is 1. The van der Waals surface area contributed by atoms with Crippen LogP contribution in [0.15, 0.2) is 60.7 Å². The Balaban J connectivity index is 1.25.